The van der Waals surface area contributed by atoms with Crippen LogP contribution in [0.2, 0.25) is 0 Å². The highest BCUT2D eigenvalue weighted by atomic mass is 33.1. The molecule has 8 nitrogen and oxygen atoms in total. The molecule has 0 radical (unpaired) electrons. The van der Waals surface area contributed by atoms with Gasteiger partial charge in [0.1, 0.15) is 17.2 Å². The van der Waals surface area contributed by atoms with E-state index in [2.05, 4.69) is 10.3 Å². The highest BCUT2D eigenvalue weighted by Crippen LogP contribution is 2.52. The van der Waals surface area contributed by atoms with Gasteiger partial charge < -0.3 is 25.2 Å². The van der Waals surface area contributed by atoms with Gasteiger partial charge in [-0.05, 0) is 33.3 Å². The van der Waals surface area contributed by atoms with Crippen LogP contribution in [0.3, 0.4) is 0 Å². The second kappa shape index (κ2) is 10.4. The molecule has 1 unspecified atom stereocenters. The summed E-state index contributed by atoms with van der Waals surface area (Å²) in [5, 5.41) is 36.2. The van der Waals surface area contributed by atoms with Crippen LogP contribution in [0, 0.1) is 0 Å². The van der Waals surface area contributed by atoms with E-state index in [0.717, 1.165) is 0 Å². The Balaban J connectivity index is 1.98. The number of aromatic nitrogens is 1. The molecule has 11 heteroatoms. The topological polar surface area (TPSA) is 143 Å². The molecular weight excluding hydrogens is 484 g/mol. The fourth-order valence-electron chi connectivity index (χ4n) is 3.73. The van der Waals surface area contributed by atoms with Crippen LogP contribution in [-0.4, -0.2) is 58.4 Å². The van der Waals surface area contributed by atoms with E-state index in [-0.39, 0.29) is 19.3 Å². The third-order valence-electron chi connectivity index (χ3n) is 5.90. The number of aliphatic hydroxyl groups excluding tert-OH is 2. The number of rotatable bonds is 0. The van der Waals surface area contributed by atoms with Crippen LogP contribution in [-0.2, 0) is 19.8 Å². The fraction of sp³-hybridized carbons (Fsp3) is 0.500. The van der Waals surface area contributed by atoms with Crippen molar-refractivity contribution in [2.24, 2.45) is 0 Å². The molecule has 1 spiro atoms. The van der Waals surface area contributed by atoms with Crippen LogP contribution in [0.25, 0.3) is 6.08 Å². The molecule has 0 saturated carbocycles. The molecule has 4 N–H and O–H groups in total. The Morgan fingerprint density at radius 3 is 2.67 bits per heavy atom. The Morgan fingerprint density at radius 1 is 1.27 bits per heavy atom. The average Bonchev–Trinajstić information content (AvgIpc) is 3.27. The van der Waals surface area contributed by atoms with Gasteiger partial charge in [-0.1, -0.05) is 29.9 Å². The van der Waals surface area contributed by atoms with Crippen LogP contribution >= 0.6 is 22.1 Å². The molecule has 2 aliphatic rings. The first-order valence-corrected chi connectivity index (χ1v) is 13.8. The lowest BCUT2D eigenvalue weighted by Crippen LogP contribution is -2.56. The van der Waals surface area contributed by atoms with Gasteiger partial charge in [0.05, 0.1) is 18.2 Å². The maximum absolute atomic E-state index is 13.0. The summed E-state index contributed by atoms with van der Waals surface area (Å²) in [6.07, 6.45) is 5.71. The predicted octanol–water partition coefficient (Wildman–Crippen LogP) is 2.17. The van der Waals surface area contributed by atoms with Crippen molar-refractivity contribution in [2.45, 2.75) is 68.6 Å². The smallest absolute Gasteiger partial charge is 0.276 e. The van der Waals surface area contributed by atoms with Crippen LogP contribution in [0.15, 0.2) is 35.3 Å². The first-order chi connectivity index (χ1) is 15.5. The molecule has 3 heterocycles. The standard InChI is InChI=1S/C22H28N2O6S3/c1-13-8-9-22(21(3,29)20(28)32-33(22)30)11-18(27)23-14(2)19-24-15(12-31-19)6-4-5-7-16(25)17(26)10-13/h4-7,10,12,14,16-17,25-26,29H,8-9,11H2,1-3H3,(H,23,27)/b6-4-,7-5+,13-10+/t14-,16-,17-,21+,22-,33?/m1/s1. The number of nitrogens with one attached hydrogen (secondary N) is 1. The molecule has 1 saturated heterocycles. The number of amides is 1. The van der Waals surface area contributed by atoms with E-state index in [4.69, 9.17) is 0 Å². The summed E-state index contributed by atoms with van der Waals surface area (Å²) in [5.41, 5.74) is -0.624. The van der Waals surface area contributed by atoms with E-state index < -0.39 is 49.8 Å². The van der Waals surface area contributed by atoms with E-state index in [0.29, 0.717) is 27.1 Å². The number of carbonyl (C=O) groups excluding carboxylic acids is 2. The second-order valence-electron chi connectivity index (χ2n) is 8.49. The third-order valence-corrected chi connectivity index (χ3v) is 10.9. The van der Waals surface area contributed by atoms with Gasteiger partial charge in [-0.15, -0.1) is 11.3 Å². The van der Waals surface area contributed by atoms with Gasteiger partial charge in [-0.3, -0.25) is 9.59 Å². The first kappa shape index (κ1) is 26.1. The summed E-state index contributed by atoms with van der Waals surface area (Å²) in [7, 11) is -1.30. The van der Waals surface area contributed by atoms with E-state index in [1.807, 2.05) is 5.38 Å². The van der Waals surface area contributed by atoms with Crippen molar-refractivity contribution >= 4 is 49.4 Å². The normalized spacial score (nSPS) is 39.9. The van der Waals surface area contributed by atoms with Crippen LogP contribution < -0.4 is 5.32 Å². The minimum atomic E-state index is -1.97. The molecule has 1 amide bonds. The molecule has 1 aromatic heterocycles. The molecule has 2 aliphatic heterocycles. The number of fused-ring (bicyclic) bond motifs is 2. The maximum Gasteiger partial charge on any atom is 0.276 e. The predicted molar refractivity (Wildman–Crippen MR) is 131 cm³/mol. The number of nitrogens with zero attached hydrogens (tertiary/aromatic N) is 1. The Bertz CT molecular complexity index is 989. The maximum atomic E-state index is 13.0. The van der Waals surface area contributed by atoms with E-state index in [1.54, 1.807) is 32.1 Å². The van der Waals surface area contributed by atoms with Gasteiger partial charge in [0.25, 0.3) is 5.12 Å². The van der Waals surface area contributed by atoms with Gasteiger partial charge in [0.2, 0.25) is 5.91 Å². The Morgan fingerprint density at radius 2 is 2.00 bits per heavy atom. The zero-order valence-corrected chi connectivity index (χ0v) is 21.0. The summed E-state index contributed by atoms with van der Waals surface area (Å²) in [6.45, 7) is 4.82. The second-order valence-corrected chi connectivity index (χ2v) is 12.6. The number of hydrogen-bond donors (Lipinski definition) is 4. The SMILES string of the molecule is C/C1=C\[C@@H](O)[C@H](O)/C=C/C=C\c2csc(n2)[C@@H](C)NC(=O)C[C@@]2(CC1)[S+]([O-])SC(=O)[C@]2(C)O. The largest absolute Gasteiger partial charge is 0.604 e. The van der Waals surface area contributed by atoms with Crippen molar-refractivity contribution in [3.63, 3.8) is 0 Å². The quantitative estimate of drug-likeness (QED) is 0.235. The molecule has 1 fully saturated rings. The van der Waals surface area contributed by atoms with Crippen LogP contribution in [0.1, 0.15) is 56.8 Å². The van der Waals surface area contributed by atoms with Gasteiger partial charge in [0.15, 0.2) is 21.1 Å². The van der Waals surface area contributed by atoms with Gasteiger partial charge >= 0.3 is 0 Å². The van der Waals surface area contributed by atoms with Crippen molar-refractivity contribution in [1.29, 1.82) is 0 Å². The average molecular weight is 513 g/mol. The van der Waals surface area contributed by atoms with Crippen molar-refractivity contribution < 1.29 is 29.5 Å². The highest BCUT2D eigenvalue weighted by Gasteiger charge is 2.69. The zero-order chi connectivity index (χ0) is 24.4. The lowest BCUT2D eigenvalue weighted by Gasteiger charge is -2.35. The molecule has 3 rings (SSSR count). The molecule has 33 heavy (non-hydrogen) atoms. The molecule has 0 aliphatic carbocycles. The summed E-state index contributed by atoms with van der Waals surface area (Å²) >= 11 is 1.37. The highest BCUT2D eigenvalue weighted by molar-refractivity contribution is 8.79. The molecular formula is C22H28N2O6S3. The van der Waals surface area contributed by atoms with Crippen molar-refractivity contribution in [2.75, 3.05) is 0 Å². The van der Waals surface area contributed by atoms with E-state index in [9.17, 15) is 29.5 Å². The minimum Gasteiger partial charge on any atom is -0.604 e. The summed E-state index contributed by atoms with van der Waals surface area (Å²) in [6, 6.07) is -0.419. The Kier molecular flexibility index (Phi) is 8.26. The molecule has 0 aromatic carbocycles. The van der Waals surface area contributed by atoms with Crippen molar-refractivity contribution in [3.05, 3.63) is 46.0 Å². The zero-order valence-electron chi connectivity index (χ0n) is 18.6. The fourth-order valence-corrected chi connectivity index (χ4v) is 8.47. The van der Waals surface area contributed by atoms with E-state index in [1.165, 1.54) is 30.4 Å². The number of thiazole rings is 1. The monoisotopic (exact) mass is 512 g/mol. The molecule has 6 atom stereocenters. The van der Waals surface area contributed by atoms with Gasteiger partial charge in [-0.2, -0.15) is 0 Å². The van der Waals surface area contributed by atoms with Crippen molar-refractivity contribution in [1.82, 2.24) is 10.3 Å². The summed E-state index contributed by atoms with van der Waals surface area (Å²) in [5.74, 6) is -0.445. The van der Waals surface area contributed by atoms with Crippen LogP contribution in [0.5, 0.6) is 0 Å². The number of aliphatic hydroxyl groups is 3. The summed E-state index contributed by atoms with van der Waals surface area (Å²) < 4.78 is 11.5. The van der Waals surface area contributed by atoms with Gasteiger partial charge in [-0.25, -0.2) is 4.98 Å². The summed E-state index contributed by atoms with van der Waals surface area (Å²) in [4.78, 5) is 29.9. The molecule has 2 bridgehead atoms. The lowest BCUT2D eigenvalue weighted by molar-refractivity contribution is -0.132. The molecule has 1 aromatic rings. The van der Waals surface area contributed by atoms with Crippen molar-refractivity contribution in [3.8, 4) is 0 Å². The molecule has 180 valence electrons. The number of carbonyl (C=O) groups is 2. The third kappa shape index (κ3) is 5.61. The minimum absolute atomic E-state index is 0.0816. The number of allylic oxidation sites excluding steroid dienone is 3. The lowest BCUT2D eigenvalue weighted by atomic mass is 9.81. The van der Waals surface area contributed by atoms with Gasteiger partial charge in [0, 0.05) is 22.0 Å². The van der Waals surface area contributed by atoms with E-state index >= 15 is 0 Å². The Labute approximate surface area is 203 Å². The van der Waals surface area contributed by atoms with Crippen LogP contribution in [0.4, 0.5) is 0 Å². The Hall–Kier alpha value is -1.47. The number of hydrogen-bond acceptors (Lipinski definition) is 9. The first-order valence-electron chi connectivity index (χ1n) is 10.5.